The van der Waals surface area contributed by atoms with Crippen molar-refractivity contribution < 1.29 is 23.8 Å². The molecule has 9 nitrogen and oxygen atoms in total. The Kier molecular flexibility index (Phi) is 8.29. The van der Waals surface area contributed by atoms with Crippen LogP contribution in [0.3, 0.4) is 0 Å². The lowest BCUT2D eigenvalue weighted by Gasteiger charge is -2.11. The molecule has 1 amide bonds. The minimum absolute atomic E-state index is 0.00646. The number of benzene rings is 2. The second-order valence-corrected chi connectivity index (χ2v) is 6.61. The SMILES string of the molecule is COCCOc1ccc(Nc2ncc(F)c(Nc3cccc(NC(=O)CCO)c3)n2)cc1. The van der Waals surface area contributed by atoms with Crippen molar-refractivity contribution in [1.82, 2.24) is 9.97 Å². The summed E-state index contributed by atoms with van der Waals surface area (Å²) in [5.41, 5.74) is 1.73. The lowest BCUT2D eigenvalue weighted by Crippen LogP contribution is -2.12. The van der Waals surface area contributed by atoms with E-state index in [1.165, 1.54) is 0 Å². The number of hydrogen-bond donors (Lipinski definition) is 4. The van der Waals surface area contributed by atoms with Gasteiger partial charge in [0.15, 0.2) is 11.6 Å². The minimum Gasteiger partial charge on any atom is -0.491 e. The van der Waals surface area contributed by atoms with Gasteiger partial charge in [-0.1, -0.05) is 6.07 Å². The van der Waals surface area contributed by atoms with Crippen LogP contribution in [0.4, 0.5) is 33.2 Å². The van der Waals surface area contributed by atoms with Crippen LogP contribution >= 0.6 is 0 Å². The highest BCUT2D eigenvalue weighted by atomic mass is 19.1. The lowest BCUT2D eigenvalue weighted by molar-refractivity contribution is -0.116. The van der Waals surface area contributed by atoms with Crippen LogP contribution in [0.2, 0.25) is 0 Å². The van der Waals surface area contributed by atoms with Crippen molar-refractivity contribution in [1.29, 1.82) is 0 Å². The molecule has 0 atom stereocenters. The lowest BCUT2D eigenvalue weighted by atomic mass is 10.2. The zero-order valence-corrected chi connectivity index (χ0v) is 17.5. The van der Waals surface area contributed by atoms with Gasteiger partial charge in [0, 0.05) is 24.2 Å². The van der Waals surface area contributed by atoms with E-state index in [9.17, 15) is 9.18 Å². The van der Waals surface area contributed by atoms with E-state index < -0.39 is 5.82 Å². The largest absolute Gasteiger partial charge is 0.491 e. The third kappa shape index (κ3) is 6.89. The highest BCUT2D eigenvalue weighted by molar-refractivity contribution is 5.91. The first-order chi connectivity index (χ1) is 15.6. The number of halogens is 1. The van der Waals surface area contributed by atoms with Gasteiger partial charge in [-0.3, -0.25) is 4.79 Å². The summed E-state index contributed by atoms with van der Waals surface area (Å²) in [6, 6.07) is 13.9. The normalized spacial score (nSPS) is 10.5. The number of nitrogens with zero attached hydrogens (tertiary/aromatic N) is 2. The summed E-state index contributed by atoms with van der Waals surface area (Å²) in [7, 11) is 1.61. The molecule has 168 valence electrons. The summed E-state index contributed by atoms with van der Waals surface area (Å²) in [6.45, 7) is 0.706. The van der Waals surface area contributed by atoms with Crippen LogP contribution in [-0.2, 0) is 9.53 Å². The average Bonchev–Trinajstić information content (AvgIpc) is 2.78. The van der Waals surface area contributed by atoms with Gasteiger partial charge in [0.25, 0.3) is 0 Å². The zero-order valence-electron chi connectivity index (χ0n) is 17.5. The number of nitrogens with one attached hydrogen (secondary N) is 3. The van der Waals surface area contributed by atoms with Crippen LogP contribution in [-0.4, -0.2) is 47.9 Å². The van der Waals surface area contributed by atoms with E-state index in [2.05, 4.69) is 25.9 Å². The van der Waals surface area contributed by atoms with Crippen molar-refractivity contribution in [2.45, 2.75) is 6.42 Å². The van der Waals surface area contributed by atoms with Gasteiger partial charge in [-0.05, 0) is 42.5 Å². The van der Waals surface area contributed by atoms with Gasteiger partial charge in [-0.2, -0.15) is 4.98 Å². The number of hydrogen-bond acceptors (Lipinski definition) is 8. The minimum atomic E-state index is -0.632. The molecule has 1 aromatic heterocycles. The number of amides is 1. The van der Waals surface area contributed by atoms with Crippen molar-refractivity contribution in [3.8, 4) is 5.75 Å². The Bertz CT molecular complexity index is 1030. The standard InChI is InChI=1S/C22H24FN5O4/c1-31-11-12-32-18-7-5-15(6-8-18)27-22-24-14-19(23)21(28-22)26-17-4-2-3-16(13-17)25-20(30)9-10-29/h2-8,13-14,29H,9-12H2,1H3,(H,25,30)(H2,24,26,27,28). The molecule has 4 N–H and O–H groups in total. The molecule has 0 saturated heterocycles. The molecular weight excluding hydrogens is 417 g/mol. The van der Waals surface area contributed by atoms with Crippen molar-refractivity contribution in [2.24, 2.45) is 0 Å². The fraction of sp³-hybridized carbons (Fsp3) is 0.227. The summed E-state index contributed by atoms with van der Waals surface area (Å²) >= 11 is 0. The van der Waals surface area contributed by atoms with Gasteiger partial charge < -0.3 is 30.5 Å². The van der Waals surface area contributed by atoms with Crippen LogP contribution in [0, 0.1) is 5.82 Å². The van der Waals surface area contributed by atoms with Gasteiger partial charge in [0.2, 0.25) is 11.9 Å². The van der Waals surface area contributed by atoms with Crippen LogP contribution in [0.15, 0.2) is 54.7 Å². The smallest absolute Gasteiger partial charge is 0.229 e. The summed E-state index contributed by atoms with van der Waals surface area (Å²) in [6.07, 6.45) is 1.06. The Hall–Kier alpha value is -3.76. The number of aliphatic hydroxyl groups is 1. The summed E-state index contributed by atoms with van der Waals surface area (Å²) in [5.74, 6) is -0.0808. The molecule has 0 bridgehead atoms. The highest BCUT2D eigenvalue weighted by Crippen LogP contribution is 2.23. The van der Waals surface area contributed by atoms with E-state index in [0.717, 1.165) is 6.20 Å². The summed E-state index contributed by atoms with van der Waals surface area (Å²) in [4.78, 5) is 19.8. The number of ether oxygens (including phenoxy) is 2. The van der Waals surface area contributed by atoms with Crippen LogP contribution in [0.25, 0.3) is 0 Å². The summed E-state index contributed by atoms with van der Waals surface area (Å²) < 4.78 is 24.7. The molecule has 0 fully saturated rings. The molecular formula is C22H24FN5O4. The zero-order chi connectivity index (χ0) is 22.8. The molecule has 3 aromatic rings. The molecule has 0 aliphatic carbocycles. The monoisotopic (exact) mass is 441 g/mol. The van der Waals surface area contributed by atoms with Gasteiger partial charge in [-0.15, -0.1) is 0 Å². The van der Waals surface area contributed by atoms with Gasteiger partial charge in [0.05, 0.1) is 25.8 Å². The fourth-order valence-electron chi connectivity index (χ4n) is 2.66. The molecule has 0 radical (unpaired) electrons. The third-order valence-corrected chi connectivity index (χ3v) is 4.16. The van der Waals surface area contributed by atoms with E-state index in [-0.39, 0.29) is 30.7 Å². The maximum Gasteiger partial charge on any atom is 0.229 e. The van der Waals surface area contributed by atoms with Crippen molar-refractivity contribution in [3.63, 3.8) is 0 Å². The molecule has 2 aromatic carbocycles. The van der Waals surface area contributed by atoms with Crippen molar-refractivity contribution >= 4 is 34.7 Å². The average molecular weight is 441 g/mol. The molecule has 0 aliphatic rings. The van der Waals surface area contributed by atoms with E-state index in [4.69, 9.17) is 14.6 Å². The van der Waals surface area contributed by atoms with E-state index in [1.54, 1.807) is 55.6 Å². The number of aromatic nitrogens is 2. The van der Waals surface area contributed by atoms with Crippen LogP contribution in [0.1, 0.15) is 6.42 Å². The second-order valence-electron chi connectivity index (χ2n) is 6.61. The third-order valence-electron chi connectivity index (χ3n) is 4.16. The second kappa shape index (κ2) is 11.6. The molecule has 10 heteroatoms. The molecule has 32 heavy (non-hydrogen) atoms. The number of carbonyl (C=O) groups excluding carboxylic acids is 1. The fourth-order valence-corrected chi connectivity index (χ4v) is 2.66. The highest BCUT2D eigenvalue weighted by Gasteiger charge is 2.09. The molecule has 0 spiro atoms. The number of anilines is 5. The maximum absolute atomic E-state index is 14.3. The number of methoxy groups -OCH3 is 1. The molecule has 0 saturated carbocycles. The van der Waals surface area contributed by atoms with Gasteiger partial charge in [0.1, 0.15) is 12.4 Å². The predicted octanol–water partition coefficient (Wildman–Crippen LogP) is 3.45. The predicted molar refractivity (Wildman–Crippen MR) is 119 cm³/mol. The Morgan fingerprint density at radius 2 is 1.84 bits per heavy atom. The van der Waals surface area contributed by atoms with Gasteiger partial charge in [-0.25, -0.2) is 9.37 Å². The number of carbonyl (C=O) groups is 1. The Labute approximate surface area is 184 Å². The number of aliphatic hydroxyl groups excluding tert-OH is 1. The Morgan fingerprint density at radius 3 is 2.59 bits per heavy atom. The molecule has 0 aliphatic heterocycles. The first kappa shape index (κ1) is 22.9. The Balaban J connectivity index is 1.66. The maximum atomic E-state index is 14.3. The quantitative estimate of drug-likeness (QED) is 0.334. The van der Waals surface area contributed by atoms with E-state index in [0.29, 0.717) is 36.0 Å². The van der Waals surface area contributed by atoms with Crippen molar-refractivity contribution in [3.05, 3.63) is 60.5 Å². The number of rotatable bonds is 11. The molecule has 1 heterocycles. The van der Waals surface area contributed by atoms with E-state index in [1.807, 2.05) is 0 Å². The molecule has 3 rings (SSSR count). The molecule has 0 unspecified atom stereocenters. The van der Waals surface area contributed by atoms with Crippen LogP contribution in [0.5, 0.6) is 5.75 Å². The van der Waals surface area contributed by atoms with Gasteiger partial charge >= 0.3 is 0 Å². The summed E-state index contributed by atoms with van der Waals surface area (Å²) in [5, 5.41) is 17.4. The van der Waals surface area contributed by atoms with Crippen molar-refractivity contribution in [2.75, 3.05) is 42.9 Å². The van der Waals surface area contributed by atoms with Crippen LogP contribution < -0.4 is 20.7 Å². The Morgan fingerprint density at radius 1 is 1.06 bits per heavy atom. The first-order valence-electron chi connectivity index (χ1n) is 9.86. The first-order valence-corrected chi connectivity index (χ1v) is 9.86. The van der Waals surface area contributed by atoms with E-state index >= 15 is 0 Å². The topological polar surface area (TPSA) is 118 Å².